The van der Waals surface area contributed by atoms with Crippen molar-refractivity contribution in [3.8, 4) is 0 Å². The molecule has 0 saturated carbocycles. The molecule has 1 N–H and O–H groups in total. The molecule has 1 heterocycles. The highest BCUT2D eigenvalue weighted by atomic mass is 16.6. The minimum Gasteiger partial charge on any atom is -0.467 e. The van der Waals surface area contributed by atoms with E-state index in [4.69, 9.17) is 9.15 Å². The number of likely N-dealkylation sites (N-methyl/N-ethyl adjacent to an activating group) is 1. The van der Waals surface area contributed by atoms with E-state index < -0.39 is 17.8 Å². The highest BCUT2D eigenvalue weighted by molar-refractivity contribution is 5.67. The van der Waals surface area contributed by atoms with Gasteiger partial charge >= 0.3 is 6.09 Å². The third kappa shape index (κ3) is 4.48. The number of hydrogen-bond acceptors (Lipinski definition) is 4. The van der Waals surface area contributed by atoms with Crippen LogP contribution >= 0.6 is 0 Å². The highest BCUT2D eigenvalue weighted by Gasteiger charge is 2.22. The normalized spacial score (nSPS) is 13.2. The van der Waals surface area contributed by atoms with Crippen molar-refractivity contribution < 1.29 is 19.1 Å². The van der Waals surface area contributed by atoms with Crippen molar-refractivity contribution in [1.82, 2.24) is 4.90 Å². The van der Waals surface area contributed by atoms with Crippen molar-refractivity contribution in [3.63, 3.8) is 0 Å². The summed E-state index contributed by atoms with van der Waals surface area (Å²) in [6.45, 7) is 5.51. The van der Waals surface area contributed by atoms with Crippen LogP contribution in [-0.2, 0) is 4.74 Å². The second-order valence-electron chi connectivity index (χ2n) is 4.89. The number of carbonyl (C=O) groups is 1. The number of ether oxygens (including phenoxy) is 1. The molecule has 0 aliphatic heterocycles. The summed E-state index contributed by atoms with van der Waals surface area (Å²) in [7, 11) is 1.57. The van der Waals surface area contributed by atoms with Gasteiger partial charge in [0.25, 0.3) is 0 Å². The fourth-order valence-corrected chi connectivity index (χ4v) is 1.24. The fraction of sp³-hybridized carbons (Fsp3) is 0.583. The molecule has 0 fully saturated rings. The number of aliphatic hydroxyl groups is 1. The standard InChI is InChI=1S/C12H19NO4/c1-12(2,3)17-11(15)13(4)8-9(14)10-6-5-7-16-10/h5-7,9,14H,8H2,1-4H3/t9-/m1/s1. The maximum atomic E-state index is 11.6. The predicted octanol–water partition coefficient (Wildman–Crippen LogP) is 2.18. The minimum absolute atomic E-state index is 0.127. The zero-order valence-electron chi connectivity index (χ0n) is 10.6. The monoisotopic (exact) mass is 241 g/mol. The highest BCUT2D eigenvalue weighted by Crippen LogP contribution is 2.15. The van der Waals surface area contributed by atoms with E-state index in [1.807, 2.05) is 0 Å². The average Bonchev–Trinajstić information content (AvgIpc) is 2.67. The van der Waals surface area contributed by atoms with Gasteiger partial charge in [-0.15, -0.1) is 0 Å². The van der Waals surface area contributed by atoms with Crippen LogP contribution in [0.1, 0.15) is 32.6 Å². The molecule has 0 aliphatic carbocycles. The van der Waals surface area contributed by atoms with Gasteiger partial charge in [0, 0.05) is 7.05 Å². The summed E-state index contributed by atoms with van der Waals surface area (Å²) >= 11 is 0. The Morgan fingerprint density at radius 3 is 2.71 bits per heavy atom. The van der Waals surface area contributed by atoms with Gasteiger partial charge in [0.1, 0.15) is 17.5 Å². The molecule has 1 aromatic heterocycles. The second-order valence-corrected chi connectivity index (χ2v) is 4.89. The first-order chi connectivity index (χ1) is 7.79. The molecule has 0 aliphatic rings. The van der Waals surface area contributed by atoms with Gasteiger partial charge in [-0.05, 0) is 32.9 Å². The third-order valence-electron chi connectivity index (χ3n) is 2.02. The Morgan fingerprint density at radius 2 is 2.24 bits per heavy atom. The van der Waals surface area contributed by atoms with E-state index >= 15 is 0 Å². The van der Waals surface area contributed by atoms with Gasteiger partial charge < -0.3 is 19.2 Å². The van der Waals surface area contributed by atoms with E-state index in [9.17, 15) is 9.90 Å². The van der Waals surface area contributed by atoms with Gasteiger partial charge in [-0.1, -0.05) is 0 Å². The maximum absolute atomic E-state index is 11.6. The molecule has 96 valence electrons. The lowest BCUT2D eigenvalue weighted by molar-refractivity contribution is 0.0185. The number of carbonyl (C=O) groups excluding carboxylic acids is 1. The van der Waals surface area contributed by atoms with Crippen LogP contribution in [0, 0.1) is 0 Å². The molecular weight excluding hydrogens is 222 g/mol. The van der Waals surface area contributed by atoms with Crippen LogP contribution in [0.5, 0.6) is 0 Å². The number of rotatable bonds is 3. The van der Waals surface area contributed by atoms with Crippen molar-refractivity contribution in [2.24, 2.45) is 0 Å². The number of nitrogens with zero attached hydrogens (tertiary/aromatic N) is 1. The predicted molar refractivity (Wildman–Crippen MR) is 62.5 cm³/mol. The van der Waals surface area contributed by atoms with E-state index in [0.29, 0.717) is 5.76 Å². The topological polar surface area (TPSA) is 62.9 Å². The molecule has 1 amide bonds. The zero-order valence-corrected chi connectivity index (χ0v) is 10.6. The summed E-state index contributed by atoms with van der Waals surface area (Å²) in [6.07, 6.45) is 0.164. The van der Waals surface area contributed by atoms with Gasteiger partial charge in [0.15, 0.2) is 0 Å². The van der Waals surface area contributed by atoms with Gasteiger partial charge in [-0.3, -0.25) is 0 Å². The third-order valence-corrected chi connectivity index (χ3v) is 2.02. The molecule has 5 heteroatoms. The Hall–Kier alpha value is -1.49. The van der Waals surface area contributed by atoms with Crippen LogP contribution in [0.3, 0.4) is 0 Å². The van der Waals surface area contributed by atoms with Crippen molar-refractivity contribution >= 4 is 6.09 Å². The maximum Gasteiger partial charge on any atom is 0.410 e. The first kappa shape index (κ1) is 13.6. The number of hydrogen-bond donors (Lipinski definition) is 1. The lowest BCUT2D eigenvalue weighted by Crippen LogP contribution is -2.36. The fourth-order valence-electron chi connectivity index (χ4n) is 1.24. The van der Waals surface area contributed by atoms with E-state index in [1.165, 1.54) is 11.2 Å². The van der Waals surface area contributed by atoms with Crippen molar-refractivity contribution in [2.75, 3.05) is 13.6 Å². The molecule has 0 radical (unpaired) electrons. The Bertz CT molecular complexity index is 353. The lowest BCUT2D eigenvalue weighted by Gasteiger charge is -2.25. The van der Waals surface area contributed by atoms with Crippen LogP contribution in [0.25, 0.3) is 0 Å². The summed E-state index contributed by atoms with van der Waals surface area (Å²) < 4.78 is 10.2. The summed E-state index contributed by atoms with van der Waals surface area (Å²) in [5.74, 6) is 0.431. The number of furan rings is 1. The SMILES string of the molecule is CN(C[C@@H](O)c1ccco1)C(=O)OC(C)(C)C. The molecule has 1 rings (SSSR count). The molecule has 0 unspecified atom stereocenters. The van der Waals surface area contributed by atoms with Gasteiger partial charge in [0.2, 0.25) is 0 Å². The minimum atomic E-state index is -0.845. The summed E-state index contributed by atoms with van der Waals surface area (Å²) in [6, 6.07) is 3.35. The molecule has 0 saturated heterocycles. The smallest absolute Gasteiger partial charge is 0.410 e. The Balaban J connectivity index is 2.49. The summed E-state index contributed by atoms with van der Waals surface area (Å²) in [5.41, 5.74) is -0.541. The van der Waals surface area contributed by atoms with Gasteiger partial charge in [-0.25, -0.2) is 4.79 Å². The first-order valence-corrected chi connectivity index (χ1v) is 5.45. The lowest BCUT2D eigenvalue weighted by atomic mass is 10.2. The Kier molecular flexibility index (Phi) is 4.17. The van der Waals surface area contributed by atoms with Crippen LogP contribution in [-0.4, -0.2) is 35.3 Å². The van der Waals surface area contributed by atoms with E-state index in [2.05, 4.69) is 0 Å². The first-order valence-electron chi connectivity index (χ1n) is 5.45. The Morgan fingerprint density at radius 1 is 1.59 bits per heavy atom. The molecule has 1 atom stereocenters. The quantitative estimate of drug-likeness (QED) is 0.881. The molecule has 0 bridgehead atoms. The molecule has 0 spiro atoms. The van der Waals surface area contributed by atoms with Crippen LogP contribution < -0.4 is 0 Å². The average molecular weight is 241 g/mol. The van der Waals surface area contributed by atoms with Crippen LogP contribution in [0.2, 0.25) is 0 Å². The van der Waals surface area contributed by atoms with Crippen molar-refractivity contribution in [3.05, 3.63) is 24.2 Å². The van der Waals surface area contributed by atoms with E-state index in [0.717, 1.165) is 0 Å². The Labute approximate surface area is 101 Å². The van der Waals surface area contributed by atoms with Crippen LogP contribution in [0.15, 0.2) is 22.8 Å². The summed E-state index contributed by atoms with van der Waals surface area (Å²) in [5, 5.41) is 9.78. The van der Waals surface area contributed by atoms with E-state index in [1.54, 1.807) is 40.0 Å². The summed E-state index contributed by atoms with van der Waals surface area (Å²) in [4.78, 5) is 12.9. The number of aliphatic hydroxyl groups excluding tert-OH is 1. The van der Waals surface area contributed by atoms with Gasteiger partial charge in [-0.2, -0.15) is 0 Å². The molecular formula is C12H19NO4. The van der Waals surface area contributed by atoms with Crippen molar-refractivity contribution in [1.29, 1.82) is 0 Å². The molecule has 1 aromatic rings. The molecule has 0 aromatic carbocycles. The molecule has 5 nitrogen and oxygen atoms in total. The van der Waals surface area contributed by atoms with Crippen LogP contribution in [0.4, 0.5) is 4.79 Å². The molecule has 17 heavy (non-hydrogen) atoms. The number of amides is 1. The van der Waals surface area contributed by atoms with E-state index in [-0.39, 0.29) is 6.54 Å². The van der Waals surface area contributed by atoms with Gasteiger partial charge in [0.05, 0.1) is 12.8 Å². The zero-order chi connectivity index (χ0) is 13.1. The van der Waals surface area contributed by atoms with Crippen molar-refractivity contribution in [2.45, 2.75) is 32.5 Å². The largest absolute Gasteiger partial charge is 0.467 e. The second kappa shape index (κ2) is 5.23.